The monoisotopic (exact) mass is 815 g/mol. The number of carbonyl (C=O) groups is 1. The first-order valence-electron chi connectivity index (χ1n) is 21.7. The van der Waals surface area contributed by atoms with Crippen LogP contribution in [0.1, 0.15) is 71.9 Å². The quantitative estimate of drug-likeness (QED) is 0.0569. The van der Waals surface area contributed by atoms with Crippen molar-refractivity contribution in [1.29, 1.82) is 0 Å². The Bertz CT molecular complexity index is 2010. The molecule has 3 fully saturated rings. The second kappa shape index (κ2) is 21.2. The predicted molar refractivity (Wildman–Crippen MR) is 242 cm³/mol. The van der Waals surface area contributed by atoms with Gasteiger partial charge in [-0.05, 0) is 71.9 Å². The number of ether oxygens (including phenoxy) is 1. The van der Waals surface area contributed by atoms with Gasteiger partial charge in [0.25, 0.3) is 0 Å². The number of nitro groups is 1. The number of nitrogens with zero attached hydrogens (tertiary/aromatic N) is 3. The van der Waals surface area contributed by atoms with Crippen LogP contribution in [-0.4, -0.2) is 77.2 Å². The third-order valence-corrected chi connectivity index (χ3v) is 12.4. The zero-order valence-electron chi connectivity index (χ0n) is 34.8. The standard InChI is InChI=1S/C25H26N2O3.C24H23NO.C4H8O/c28-24(19-27(29)30)23-17-10-18-26(23)25(20-11-4-1-5-12-20,21-13-6-2-7-14-21)22-15-8-3-9-16-22;26-19-23-17-10-18-25(23)24(20-11-4-1-5-12-20,21-13-6-2-7-14-21)22-15-8-3-9-16-22;1-2-4-5-3-1/h1-9,11-16,23-24,28H,10,17-19H2;1-9,11-16,19,23H,10,17-18H2;1-4H2/t23-,24+;23-;/m00./s1. The summed E-state index contributed by atoms with van der Waals surface area (Å²) in [6, 6.07) is 62.1. The summed E-state index contributed by atoms with van der Waals surface area (Å²) >= 11 is 0. The Kier molecular flexibility index (Phi) is 15.0. The molecule has 0 unspecified atom stereocenters. The topological polar surface area (TPSA) is 96.1 Å². The summed E-state index contributed by atoms with van der Waals surface area (Å²) in [5.41, 5.74) is 5.74. The number of aliphatic hydroxyl groups is 1. The maximum absolute atomic E-state index is 11.9. The third kappa shape index (κ3) is 9.43. The summed E-state index contributed by atoms with van der Waals surface area (Å²) in [7, 11) is 0. The highest BCUT2D eigenvalue weighted by molar-refractivity contribution is 5.61. The first-order valence-corrected chi connectivity index (χ1v) is 21.7. The van der Waals surface area contributed by atoms with Crippen LogP contribution in [-0.2, 0) is 20.6 Å². The summed E-state index contributed by atoms with van der Waals surface area (Å²) in [5.74, 6) is 0. The molecule has 1 N–H and O–H groups in total. The summed E-state index contributed by atoms with van der Waals surface area (Å²) in [4.78, 5) is 27.3. The van der Waals surface area contributed by atoms with Gasteiger partial charge in [0, 0.05) is 37.3 Å². The molecular weight excluding hydrogens is 759 g/mol. The normalized spacial score (nSPS) is 18.6. The van der Waals surface area contributed by atoms with Gasteiger partial charge in [0.2, 0.25) is 6.54 Å². The maximum atomic E-state index is 11.9. The van der Waals surface area contributed by atoms with E-state index in [4.69, 9.17) is 4.74 Å². The number of hydrogen-bond acceptors (Lipinski definition) is 7. The summed E-state index contributed by atoms with van der Waals surface area (Å²) in [6.07, 6.45) is 6.21. The van der Waals surface area contributed by atoms with E-state index in [-0.39, 0.29) is 12.1 Å². The zero-order chi connectivity index (χ0) is 42.3. The van der Waals surface area contributed by atoms with Gasteiger partial charge in [-0.1, -0.05) is 182 Å². The molecule has 0 radical (unpaired) electrons. The first-order chi connectivity index (χ1) is 30.0. The van der Waals surface area contributed by atoms with Crippen molar-refractivity contribution in [2.75, 3.05) is 32.8 Å². The van der Waals surface area contributed by atoms with E-state index in [1.165, 1.54) is 29.5 Å². The van der Waals surface area contributed by atoms with E-state index in [0.29, 0.717) is 0 Å². The summed E-state index contributed by atoms with van der Waals surface area (Å²) < 4.78 is 4.94. The van der Waals surface area contributed by atoms with Crippen molar-refractivity contribution in [1.82, 2.24) is 9.80 Å². The number of aldehydes is 1. The number of benzene rings is 6. The highest BCUT2D eigenvalue weighted by Crippen LogP contribution is 2.47. The fourth-order valence-corrected chi connectivity index (χ4v) is 9.82. The lowest BCUT2D eigenvalue weighted by molar-refractivity contribution is -0.492. The van der Waals surface area contributed by atoms with Gasteiger partial charge >= 0.3 is 0 Å². The molecule has 9 rings (SSSR count). The van der Waals surface area contributed by atoms with Crippen molar-refractivity contribution in [2.45, 2.75) is 67.8 Å². The van der Waals surface area contributed by atoms with Gasteiger partial charge < -0.3 is 14.6 Å². The molecule has 3 atom stereocenters. The Balaban J connectivity index is 0.000000166. The van der Waals surface area contributed by atoms with Gasteiger partial charge in [0.05, 0.1) is 17.1 Å². The van der Waals surface area contributed by atoms with Crippen molar-refractivity contribution < 1.29 is 19.6 Å². The number of rotatable bonds is 12. The minimum absolute atomic E-state index is 0.0735. The molecule has 0 saturated carbocycles. The lowest BCUT2D eigenvalue weighted by Gasteiger charge is -2.47. The number of hydrogen-bond donors (Lipinski definition) is 1. The Labute approximate surface area is 360 Å². The largest absolute Gasteiger partial charge is 0.385 e. The Morgan fingerprint density at radius 1 is 0.557 bits per heavy atom. The van der Waals surface area contributed by atoms with Crippen LogP contribution in [0.5, 0.6) is 0 Å². The van der Waals surface area contributed by atoms with Crippen LogP contribution in [0.2, 0.25) is 0 Å². The molecule has 0 aliphatic carbocycles. The van der Waals surface area contributed by atoms with Crippen molar-refractivity contribution in [2.24, 2.45) is 0 Å². The molecule has 8 nitrogen and oxygen atoms in total. The minimum Gasteiger partial charge on any atom is -0.385 e. The second-order valence-electron chi connectivity index (χ2n) is 16.0. The van der Waals surface area contributed by atoms with Crippen LogP contribution in [0.3, 0.4) is 0 Å². The highest BCUT2D eigenvalue weighted by atomic mass is 16.6. The van der Waals surface area contributed by atoms with E-state index >= 15 is 0 Å². The van der Waals surface area contributed by atoms with Crippen LogP contribution in [0.4, 0.5) is 0 Å². The Morgan fingerprint density at radius 2 is 0.885 bits per heavy atom. The number of aliphatic hydroxyl groups excluding tert-OH is 1. The molecule has 0 spiro atoms. The van der Waals surface area contributed by atoms with Crippen LogP contribution >= 0.6 is 0 Å². The van der Waals surface area contributed by atoms with Crippen molar-refractivity contribution in [3.63, 3.8) is 0 Å². The second-order valence-corrected chi connectivity index (χ2v) is 16.0. The number of likely N-dealkylation sites (tertiary alicyclic amines) is 2. The van der Waals surface area contributed by atoms with Gasteiger partial charge in [0.1, 0.15) is 12.4 Å². The molecule has 314 valence electrons. The zero-order valence-corrected chi connectivity index (χ0v) is 34.8. The molecule has 0 amide bonds. The molecule has 0 aromatic heterocycles. The highest BCUT2D eigenvalue weighted by Gasteiger charge is 2.49. The van der Waals surface area contributed by atoms with Crippen LogP contribution in [0, 0.1) is 10.1 Å². The molecule has 3 saturated heterocycles. The van der Waals surface area contributed by atoms with E-state index in [1.807, 2.05) is 72.8 Å². The Morgan fingerprint density at radius 3 is 1.20 bits per heavy atom. The molecule has 3 aliphatic heterocycles. The fourth-order valence-electron chi connectivity index (χ4n) is 9.82. The van der Waals surface area contributed by atoms with E-state index in [9.17, 15) is 20.0 Å². The average molecular weight is 816 g/mol. The van der Waals surface area contributed by atoms with E-state index in [1.54, 1.807) is 0 Å². The van der Waals surface area contributed by atoms with Gasteiger partial charge in [-0.3, -0.25) is 19.9 Å². The van der Waals surface area contributed by atoms with Gasteiger partial charge in [-0.25, -0.2) is 0 Å². The number of carbonyl (C=O) groups excluding carboxylic acids is 1. The van der Waals surface area contributed by atoms with E-state index in [2.05, 4.69) is 119 Å². The predicted octanol–water partition coefficient (Wildman–Crippen LogP) is 9.52. The maximum Gasteiger partial charge on any atom is 0.230 e. The van der Waals surface area contributed by atoms with Gasteiger partial charge in [-0.15, -0.1) is 0 Å². The Hall–Kier alpha value is -5.77. The molecule has 61 heavy (non-hydrogen) atoms. The minimum atomic E-state index is -1.03. The van der Waals surface area contributed by atoms with Gasteiger partial charge in [0.15, 0.2) is 0 Å². The van der Waals surface area contributed by atoms with Crippen LogP contribution < -0.4 is 0 Å². The molecule has 3 heterocycles. The lowest BCUT2D eigenvalue weighted by atomic mass is 9.75. The molecule has 6 aromatic rings. The molecule has 8 heteroatoms. The van der Waals surface area contributed by atoms with Gasteiger partial charge in [-0.2, -0.15) is 0 Å². The molecule has 0 bridgehead atoms. The van der Waals surface area contributed by atoms with Crippen molar-refractivity contribution in [3.05, 3.63) is 225 Å². The molecular formula is C53H57N3O5. The van der Waals surface area contributed by atoms with Crippen LogP contribution in [0.15, 0.2) is 182 Å². The van der Waals surface area contributed by atoms with E-state index < -0.39 is 28.6 Å². The summed E-state index contributed by atoms with van der Waals surface area (Å²) in [5, 5.41) is 22.0. The molecule has 3 aliphatic rings. The average Bonchev–Trinajstić information content (AvgIpc) is 4.16. The van der Waals surface area contributed by atoms with Crippen molar-refractivity contribution in [3.8, 4) is 0 Å². The first kappa shape index (κ1) is 43.3. The fraction of sp³-hybridized carbons (Fsp3) is 0.302. The molecule has 6 aromatic carbocycles. The lowest BCUT2D eigenvalue weighted by Crippen LogP contribution is -2.54. The smallest absolute Gasteiger partial charge is 0.230 e. The third-order valence-electron chi connectivity index (χ3n) is 12.4. The van der Waals surface area contributed by atoms with Crippen LogP contribution in [0.25, 0.3) is 0 Å². The van der Waals surface area contributed by atoms with Crippen molar-refractivity contribution >= 4 is 6.29 Å². The van der Waals surface area contributed by atoms with E-state index in [0.717, 1.165) is 75.0 Å². The summed E-state index contributed by atoms with van der Waals surface area (Å²) in [6.45, 7) is 3.20. The SMILES string of the molecule is C1CCOC1.O=C[C@@H]1CCCN1C(c1ccccc1)(c1ccccc1)c1ccccc1.O=[N+]([O-])C[C@@H](O)[C@@H]1CCCN1C(c1ccccc1)(c1ccccc1)c1ccccc1.